The topological polar surface area (TPSA) is 63.2 Å². The molecule has 1 N–H and O–H groups in total. The molecule has 4 nitrogen and oxygen atoms in total. The molecule has 0 saturated heterocycles. The molecule has 2 aromatic carbocycles. The van der Waals surface area contributed by atoms with Crippen molar-refractivity contribution in [3.8, 4) is 0 Å². The molecule has 0 fully saturated rings. The maximum Gasteiger partial charge on any atom is 0.231 e. The van der Waals surface area contributed by atoms with Crippen LogP contribution in [0.5, 0.6) is 0 Å². The highest BCUT2D eigenvalue weighted by Crippen LogP contribution is 2.12. The molecule has 1 amide bonds. The second-order valence-electron chi connectivity index (χ2n) is 5.61. The van der Waals surface area contributed by atoms with Crippen LogP contribution in [0.2, 0.25) is 0 Å². The molecule has 0 unspecified atom stereocenters. The first-order chi connectivity index (χ1) is 10.9. The van der Waals surface area contributed by atoms with E-state index in [1.165, 1.54) is 0 Å². The average Bonchev–Trinajstić information content (AvgIpc) is 2.46. The van der Waals surface area contributed by atoms with Gasteiger partial charge in [-0.15, -0.1) is 0 Å². The first-order valence-electron chi connectivity index (χ1n) is 7.42. The molecule has 0 aliphatic carbocycles. The van der Waals surface area contributed by atoms with Crippen LogP contribution in [0.1, 0.15) is 34.3 Å². The average molecular weight is 309 g/mol. The lowest BCUT2D eigenvalue weighted by atomic mass is 10.0. The Balaban J connectivity index is 1.91. The van der Waals surface area contributed by atoms with E-state index in [0.29, 0.717) is 11.3 Å². The van der Waals surface area contributed by atoms with Gasteiger partial charge < -0.3 is 5.32 Å². The predicted molar refractivity (Wildman–Crippen MR) is 89.6 cm³/mol. The van der Waals surface area contributed by atoms with Gasteiger partial charge in [-0.3, -0.25) is 14.4 Å². The van der Waals surface area contributed by atoms with Gasteiger partial charge in [0.1, 0.15) is 5.78 Å². The molecule has 118 valence electrons. The van der Waals surface area contributed by atoms with Crippen molar-refractivity contribution in [2.75, 3.05) is 5.32 Å². The summed E-state index contributed by atoms with van der Waals surface area (Å²) in [6, 6.07) is 14.4. The number of aryl methyl sites for hydroxylation is 2. The summed E-state index contributed by atoms with van der Waals surface area (Å²) in [4.78, 5) is 35.9. The van der Waals surface area contributed by atoms with Crippen LogP contribution in [-0.2, 0) is 9.59 Å². The number of para-hydroxylation sites is 1. The summed E-state index contributed by atoms with van der Waals surface area (Å²) in [5.74, 6) is -1.05. The van der Waals surface area contributed by atoms with Crippen LogP contribution in [0.4, 0.5) is 5.69 Å². The zero-order valence-electron chi connectivity index (χ0n) is 13.3. The summed E-state index contributed by atoms with van der Waals surface area (Å²) in [6.07, 6.45) is -0.559. The first kappa shape index (κ1) is 16.6. The van der Waals surface area contributed by atoms with Crippen LogP contribution < -0.4 is 5.32 Å². The van der Waals surface area contributed by atoms with Crippen molar-refractivity contribution < 1.29 is 14.4 Å². The van der Waals surface area contributed by atoms with E-state index in [9.17, 15) is 14.4 Å². The van der Waals surface area contributed by atoms with Crippen molar-refractivity contribution in [3.05, 3.63) is 65.2 Å². The number of carbonyl (C=O) groups excluding carboxylic acids is 3. The Kier molecular flexibility index (Phi) is 5.41. The largest absolute Gasteiger partial charge is 0.326 e. The van der Waals surface area contributed by atoms with Crippen LogP contribution >= 0.6 is 0 Å². The fraction of sp³-hybridized carbons (Fsp3) is 0.211. The summed E-state index contributed by atoms with van der Waals surface area (Å²) in [5.41, 5.74) is 3.09. The maximum absolute atomic E-state index is 12.1. The number of carbonyl (C=O) groups is 3. The lowest BCUT2D eigenvalue weighted by Gasteiger charge is -2.06. The zero-order valence-corrected chi connectivity index (χ0v) is 13.3. The normalized spacial score (nSPS) is 10.2. The van der Waals surface area contributed by atoms with Crippen LogP contribution in [0, 0.1) is 13.8 Å². The number of hydrogen-bond acceptors (Lipinski definition) is 3. The number of Topliss-reactive ketones (excluding diaryl/α,β-unsaturated/α-hetero) is 2. The fourth-order valence-electron chi connectivity index (χ4n) is 2.39. The van der Waals surface area contributed by atoms with E-state index in [2.05, 4.69) is 5.32 Å². The predicted octanol–water partition coefficient (Wildman–Crippen LogP) is 3.47. The smallest absolute Gasteiger partial charge is 0.231 e. The van der Waals surface area contributed by atoms with E-state index in [1.807, 2.05) is 26.0 Å². The zero-order chi connectivity index (χ0) is 16.8. The summed E-state index contributed by atoms with van der Waals surface area (Å²) >= 11 is 0. The quantitative estimate of drug-likeness (QED) is 0.656. The Morgan fingerprint density at radius 1 is 0.870 bits per heavy atom. The van der Waals surface area contributed by atoms with Crippen molar-refractivity contribution >= 4 is 23.2 Å². The van der Waals surface area contributed by atoms with Crippen molar-refractivity contribution in [1.29, 1.82) is 0 Å². The van der Waals surface area contributed by atoms with Gasteiger partial charge in [-0.25, -0.2) is 0 Å². The summed E-state index contributed by atoms with van der Waals surface area (Å²) < 4.78 is 0. The lowest BCUT2D eigenvalue weighted by Crippen LogP contribution is -2.18. The van der Waals surface area contributed by atoms with E-state index in [0.717, 1.165) is 11.1 Å². The highest BCUT2D eigenvalue weighted by Gasteiger charge is 2.16. The van der Waals surface area contributed by atoms with Crippen molar-refractivity contribution in [1.82, 2.24) is 0 Å². The fourth-order valence-corrected chi connectivity index (χ4v) is 2.39. The van der Waals surface area contributed by atoms with Crippen LogP contribution in [0.3, 0.4) is 0 Å². The van der Waals surface area contributed by atoms with Gasteiger partial charge in [-0.1, -0.05) is 35.4 Å². The molecule has 0 bridgehead atoms. The van der Waals surface area contributed by atoms with Gasteiger partial charge in [0.15, 0.2) is 5.78 Å². The molecule has 2 aromatic rings. The molecule has 2 rings (SSSR count). The van der Waals surface area contributed by atoms with Crippen LogP contribution in [0.15, 0.2) is 48.5 Å². The van der Waals surface area contributed by atoms with E-state index in [4.69, 9.17) is 0 Å². The number of rotatable bonds is 6. The SMILES string of the molecule is Cc1cc(C)cc(C(=O)CC(=O)CC(=O)Nc2ccccc2)c1. The monoisotopic (exact) mass is 309 g/mol. The molecule has 0 spiro atoms. The van der Waals surface area contributed by atoms with Crippen molar-refractivity contribution in [2.45, 2.75) is 26.7 Å². The minimum Gasteiger partial charge on any atom is -0.326 e. The van der Waals surface area contributed by atoms with Gasteiger partial charge in [-0.2, -0.15) is 0 Å². The highest BCUT2D eigenvalue weighted by molar-refractivity contribution is 6.13. The Morgan fingerprint density at radius 2 is 1.48 bits per heavy atom. The minimum absolute atomic E-state index is 0.255. The Bertz CT molecular complexity index is 715. The third kappa shape index (κ3) is 5.18. The standard InChI is InChI=1S/C19H19NO3/c1-13-8-14(2)10-15(9-13)18(22)11-17(21)12-19(23)20-16-6-4-3-5-7-16/h3-10H,11-12H2,1-2H3,(H,20,23). The second-order valence-corrected chi connectivity index (χ2v) is 5.61. The molecule has 0 aromatic heterocycles. The van der Waals surface area contributed by atoms with Gasteiger partial charge in [0.05, 0.1) is 12.8 Å². The van der Waals surface area contributed by atoms with Gasteiger partial charge in [0.25, 0.3) is 0 Å². The van der Waals surface area contributed by atoms with Gasteiger partial charge in [0, 0.05) is 11.3 Å². The molecule has 0 saturated carbocycles. The Morgan fingerprint density at radius 3 is 2.09 bits per heavy atom. The highest BCUT2D eigenvalue weighted by atomic mass is 16.2. The number of ketones is 2. The van der Waals surface area contributed by atoms with E-state index in [1.54, 1.807) is 36.4 Å². The van der Waals surface area contributed by atoms with Crippen LogP contribution in [-0.4, -0.2) is 17.5 Å². The molecule has 0 radical (unpaired) electrons. The van der Waals surface area contributed by atoms with Crippen LogP contribution in [0.25, 0.3) is 0 Å². The number of anilines is 1. The summed E-state index contributed by atoms with van der Waals surface area (Å²) in [5, 5.41) is 2.63. The summed E-state index contributed by atoms with van der Waals surface area (Å²) in [6.45, 7) is 3.80. The number of amides is 1. The molecule has 0 heterocycles. The molecular formula is C19H19NO3. The second kappa shape index (κ2) is 7.49. The lowest BCUT2D eigenvalue weighted by molar-refractivity contribution is -0.124. The van der Waals surface area contributed by atoms with E-state index >= 15 is 0 Å². The third-order valence-electron chi connectivity index (χ3n) is 3.32. The number of benzene rings is 2. The molecular weight excluding hydrogens is 290 g/mol. The molecule has 23 heavy (non-hydrogen) atoms. The molecule has 4 heteroatoms. The minimum atomic E-state index is -0.408. The molecule has 0 aliphatic heterocycles. The number of hydrogen-bond donors (Lipinski definition) is 1. The Hall–Kier alpha value is -2.75. The maximum atomic E-state index is 12.1. The first-order valence-corrected chi connectivity index (χ1v) is 7.42. The third-order valence-corrected chi connectivity index (χ3v) is 3.32. The summed E-state index contributed by atoms with van der Waals surface area (Å²) in [7, 11) is 0. The van der Waals surface area contributed by atoms with Crippen molar-refractivity contribution in [2.24, 2.45) is 0 Å². The molecule has 0 aliphatic rings. The van der Waals surface area contributed by atoms with Gasteiger partial charge in [-0.05, 0) is 38.1 Å². The van der Waals surface area contributed by atoms with E-state index in [-0.39, 0.29) is 24.4 Å². The molecule has 0 atom stereocenters. The van der Waals surface area contributed by atoms with Gasteiger partial charge in [0.2, 0.25) is 5.91 Å². The Labute approximate surface area is 135 Å². The number of nitrogens with one attached hydrogen (secondary N) is 1. The van der Waals surface area contributed by atoms with E-state index < -0.39 is 5.91 Å². The van der Waals surface area contributed by atoms with Gasteiger partial charge >= 0.3 is 0 Å². The van der Waals surface area contributed by atoms with Crippen molar-refractivity contribution in [3.63, 3.8) is 0 Å².